The molecule has 4 nitrogen and oxygen atoms in total. The molecule has 0 unspecified atom stereocenters. The first kappa shape index (κ1) is 16.2. The summed E-state index contributed by atoms with van der Waals surface area (Å²) in [5, 5.41) is 0. The van der Waals surface area contributed by atoms with Crippen LogP contribution >= 0.6 is 0 Å². The minimum absolute atomic E-state index is 0.139. The zero-order chi connectivity index (χ0) is 18.1. The first-order valence-corrected chi connectivity index (χ1v) is 8.41. The number of ketones is 1. The number of fused-ring (bicyclic) bond motifs is 1. The molecule has 0 amide bonds. The summed E-state index contributed by atoms with van der Waals surface area (Å²) in [6.45, 7) is 4.41. The van der Waals surface area contributed by atoms with E-state index in [4.69, 9.17) is 13.9 Å². The minimum Gasteiger partial charge on any atom is -0.489 e. The molecular weight excluding hydrogens is 328 g/mol. The Bertz CT molecular complexity index is 997. The maximum atomic E-state index is 12.6. The second-order valence-corrected chi connectivity index (χ2v) is 6.28. The number of hydrogen-bond acceptors (Lipinski definition) is 4. The third kappa shape index (κ3) is 3.02. The second-order valence-electron chi connectivity index (χ2n) is 6.28. The van der Waals surface area contributed by atoms with Gasteiger partial charge in [-0.3, -0.25) is 4.79 Å². The fourth-order valence-corrected chi connectivity index (χ4v) is 3.00. The van der Waals surface area contributed by atoms with Gasteiger partial charge in [0.2, 0.25) is 5.78 Å². The molecule has 0 atom stereocenters. The molecule has 0 N–H and O–H groups in total. The zero-order valence-corrected chi connectivity index (χ0v) is 14.6. The molecule has 1 aliphatic rings. The number of ether oxygens (including phenoxy) is 2. The molecule has 0 bridgehead atoms. The van der Waals surface area contributed by atoms with Gasteiger partial charge in [-0.15, -0.1) is 0 Å². The highest BCUT2D eigenvalue weighted by atomic mass is 16.5. The van der Waals surface area contributed by atoms with Gasteiger partial charge in [0, 0.05) is 12.1 Å². The highest BCUT2D eigenvalue weighted by Crippen LogP contribution is 2.37. The Morgan fingerprint density at radius 1 is 1.04 bits per heavy atom. The molecular formula is C22H18O4. The van der Waals surface area contributed by atoms with Gasteiger partial charge in [0.1, 0.15) is 23.9 Å². The standard InChI is InChI=1S/C22H18O4/c1-14-6-3-4-7-16(14)13-25-18-10-15(2)21-19(12-18)26-20(22(21)23)11-17-8-5-9-24-17/h3-12H,13H2,1-2H3/b20-11-. The van der Waals surface area contributed by atoms with Crippen molar-refractivity contribution in [3.63, 3.8) is 0 Å². The van der Waals surface area contributed by atoms with Crippen LogP contribution in [0.5, 0.6) is 11.5 Å². The lowest BCUT2D eigenvalue weighted by atomic mass is 10.0. The van der Waals surface area contributed by atoms with Gasteiger partial charge in [-0.2, -0.15) is 0 Å². The van der Waals surface area contributed by atoms with Crippen LogP contribution in [0.15, 0.2) is 65.0 Å². The quantitative estimate of drug-likeness (QED) is 0.617. The predicted octanol–water partition coefficient (Wildman–Crippen LogP) is 5.09. The smallest absolute Gasteiger partial charge is 0.232 e. The van der Waals surface area contributed by atoms with Crippen molar-refractivity contribution in [3.8, 4) is 11.5 Å². The van der Waals surface area contributed by atoms with Gasteiger partial charge in [0.15, 0.2) is 5.76 Å². The fourth-order valence-electron chi connectivity index (χ4n) is 3.00. The van der Waals surface area contributed by atoms with E-state index in [9.17, 15) is 4.79 Å². The van der Waals surface area contributed by atoms with E-state index in [2.05, 4.69) is 13.0 Å². The first-order valence-electron chi connectivity index (χ1n) is 8.41. The highest BCUT2D eigenvalue weighted by molar-refractivity contribution is 6.15. The number of Topliss-reactive ketones (excluding diaryl/α,β-unsaturated/α-hetero) is 1. The molecule has 0 radical (unpaired) electrons. The van der Waals surface area contributed by atoms with Gasteiger partial charge in [0.05, 0.1) is 11.8 Å². The molecule has 1 aliphatic heterocycles. The molecule has 2 aromatic carbocycles. The summed E-state index contributed by atoms with van der Waals surface area (Å²) in [5.74, 6) is 1.90. The van der Waals surface area contributed by atoms with Crippen LogP contribution in [0.4, 0.5) is 0 Å². The lowest BCUT2D eigenvalue weighted by Crippen LogP contribution is -2.00. The molecule has 0 saturated carbocycles. The maximum Gasteiger partial charge on any atom is 0.232 e. The molecule has 26 heavy (non-hydrogen) atoms. The Labute approximate surface area is 151 Å². The summed E-state index contributed by atoms with van der Waals surface area (Å²) in [6, 6.07) is 15.3. The van der Waals surface area contributed by atoms with E-state index >= 15 is 0 Å². The topological polar surface area (TPSA) is 48.7 Å². The third-order valence-corrected chi connectivity index (χ3v) is 4.42. The Kier molecular flexibility index (Phi) is 4.09. The van der Waals surface area contributed by atoms with E-state index in [1.54, 1.807) is 30.5 Å². The van der Waals surface area contributed by atoms with Crippen LogP contribution in [0.1, 0.15) is 32.8 Å². The van der Waals surface area contributed by atoms with E-state index in [-0.39, 0.29) is 11.5 Å². The summed E-state index contributed by atoms with van der Waals surface area (Å²) in [7, 11) is 0. The number of hydrogen-bond donors (Lipinski definition) is 0. The second kappa shape index (κ2) is 6.56. The molecule has 2 heterocycles. The van der Waals surface area contributed by atoms with Crippen LogP contribution in [-0.4, -0.2) is 5.78 Å². The lowest BCUT2D eigenvalue weighted by molar-refractivity contribution is 0.101. The molecule has 0 fully saturated rings. The van der Waals surface area contributed by atoms with Crippen LogP contribution < -0.4 is 9.47 Å². The van der Waals surface area contributed by atoms with Gasteiger partial charge < -0.3 is 13.9 Å². The SMILES string of the molecule is Cc1ccccc1COc1cc(C)c2c(c1)O/C(=C\c1ccco1)C2=O. The summed E-state index contributed by atoms with van der Waals surface area (Å²) in [6.07, 6.45) is 3.16. The Morgan fingerprint density at radius 3 is 2.65 bits per heavy atom. The summed E-state index contributed by atoms with van der Waals surface area (Å²) >= 11 is 0. The van der Waals surface area contributed by atoms with Crippen molar-refractivity contribution >= 4 is 11.9 Å². The number of carbonyl (C=O) groups excluding carboxylic acids is 1. The van der Waals surface area contributed by atoms with Crippen molar-refractivity contribution < 1.29 is 18.7 Å². The third-order valence-electron chi connectivity index (χ3n) is 4.42. The van der Waals surface area contributed by atoms with E-state index in [0.717, 1.165) is 11.1 Å². The van der Waals surface area contributed by atoms with Gasteiger partial charge in [-0.25, -0.2) is 0 Å². The molecule has 3 aromatic rings. The van der Waals surface area contributed by atoms with Crippen molar-refractivity contribution in [3.05, 3.63) is 88.6 Å². The number of furan rings is 1. The average Bonchev–Trinajstić information content (AvgIpc) is 3.23. The Morgan fingerprint density at radius 2 is 1.88 bits per heavy atom. The molecule has 130 valence electrons. The largest absolute Gasteiger partial charge is 0.489 e. The monoisotopic (exact) mass is 346 g/mol. The summed E-state index contributed by atoms with van der Waals surface area (Å²) < 4.78 is 16.9. The van der Waals surface area contributed by atoms with E-state index < -0.39 is 0 Å². The van der Waals surface area contributed by atoms with Crippen molar-refractivity contribution in [1.82, 2.24) is 0 Å². The molecule has 4 rings (SSSR count). The lowest BCUT2D eigenvalue weighted by Gasteiger charge is -2.10. The van der Waals surface area contributed by atoms with Gasteiger partial charge in [-0.05, 0) is 48.7 Å². The van der Waals surface area contributed by atoms with Gasteiger partial charge >= 0.3 is 0 Å². The number of aryl methyl sites for hydroxylation is 2. The maximum absolute atomic E-state index is 12.6. The number of carbonyl (C=O) groups is 1. The van der Waals surface area contributed by atoms with Crippen LogP contribution in [0.25, 0.3) is 6.08 Å². The van der Waals surface area contributed by atoms with Crippen molar-refractivity contribution in [2.24, 2.45) is 0 Å². The average molecular weight is 346 g/mol. The highest BCUT2D eigenvalue weighted by Gasteiger charge is 2.30. The number of rotatable bonds is 4. The summed E-state index contributed by atoms with van der Waals surface area (Å²) in [4.78, 5) is 12.6. The summed E-state index contributed by atoms with van der Waals surface area (Å²) in [5.41, 5.74) is 3.71. The van der Waals surface area contributed by atoms with Gasteiger partial charge in [0.25, 0.3) is 0 Å². The Hall–Kier alpha value is -3.27. The minimum atomic E-state index is -0.139. The van der Waals surface area contributed by atoms with E-state index in [1.165, 1.54) is 5.56 Å². The van der Waals surface area contributed by atoms with Crippen LogP contribution in [0.2, 0.25) is 0 Å². The predicted molar refractivity (Wildman–Crippen MR) is 98.3 cm³/mol. The molecule has 0 saturated heterocycles. The first-order chi connectivity index (χ1) is 12.6. The zero-order valence-electron chi connectivity index (χ0n) is 14.6. The van der Waals surface area contributed by atoms with E-state index in [1.807, 2.05) is 31.2 Å². The molecule has 1 aromatic heterocycles. The number of allylic oxidation sites excluding steroid dienone is 1. The normalized spacial score (nSPS) is 14.4. The van der Waals surface area contributed by atoms with Gasteiger partial charge in [-0.1, -0.05) is 24.3 Å². The van der Waals surface area contributed by atoms with Crippen molar-refractivity contribution in [1.29, 1.82) is 0 Å². The van der Waals surface area contributed by atoms with Crippen molar-refractivity contribution in [2.45, 2.75) is 20.5 Å². The number of benzene rings is 2. The molecule has 4 heteroatoms. The van der Waals surface area contributed by atoms with Crippen LogP contribution in [-0.2, 0) is 6.61 Å². The molecule has 0 spiro atoms. The van der Waals surface area contributed by atoms with E-state index in [0.29, 0.717) is 29.4 Å². The Balaban J connectivity index is 1.58. The fraction of sp³-hybridized carbons (Fsp3) is 0.136. The molecule has 0 aliphatic carbocycles. The van der Waals surface area contributed by atoms with Crippen LogP contribution in [0, 0.1) is 13.8 Å². The van der Waals surface area contributed by atoms with Crippen LogP contribution in [0.3, 0.4) is 0 Å². The van der Waals surface area contributed by atoms with Crippen molar-refractivity contribution in [2.75, 3.05) is 0 Å².